The summed E-state index contributed by atoms with van der Waals surface area (Å²) in [5.41, 5.74) is 6.73. The Labute approximate surface area is 217 Å². The Morgan fingerprint density at radius 1 is 0.486 bits per heavy atom. The van der Waals surface area contributed by atoms with Crippen molar-refractivity contribution in [2.24, 2.45) is 0 Å². The van der Waals surface area contributed by atoms with Crippen molar-refractivity contribution >= 4 is 53.9 Å². The van der Waals surface area contributed by atoms with E-state index >= 15 is 0 Å². The van der Waals surface area contributed by atoms with E-state index in [4.69, 9.17) is 9.97 Å². The first-order valence-electron chi connectivity index (χ1n) is 12.4. The van der Waals surface area contributed by atoms with E-state index in [1.54, 1.807) is 11.3 Å². The molecule has 0 amide bonds. The van der Waals surface area contributed by atoms with Crippen LogP contribution in [-0.2, 0) is 0 Å². The maximum Gasteiger partial charge on any atom is 0.143 e. The Balaban J connectivity index is 1.23. The van der Waals surface area contributed by atoms with Gasteiger partial charge in [-0.05, 0) is 91.5 Å². The monoisotopic (exact) mass is 488 g/mol. The third kappa shape index (κ3) is 3.32. The van der Waals surface area contributed by atoms with Crippen LogP contribution >= 0.6 is 11.3 Å². The third-order valence-corrected chi connectivity index (χ3v) is 8.31. The van der Waals surface area contributed by atoms with E-state index in [2.05, 4.69) is 109 Å². The number of nitrogens with zero attached hydrogens (tertiary/aromatic N) is 2. The molecule has 0 N–H and O–H groups in total. The number of aromatic nitrogens is 2. The van der Waals surface area contributed by atoms with Crippen molar-refractivity contribution in [2.45, 2.75) is 0 Å². The third-order valence-electron chi connectivity index (χ3n) is 7.25. The topological polar surface area (TPSA) is 25.8 Å². The summed E-state index contributed by atoms with van der Waals surface area (Å²) in [5, 5.41) is 8.70. The number of benzene rings is 6. The summed E-state index contributed by atoms with van der Waals surface area (Å²) in [6.07, 6.45) is 1.97. The van der Waals surface area contributed by atoms with Crippen LogP contribution in [0.15, 0.2) is 121 Å². The molecule has 37 heavy (non-hydrogen) atoms. The quantitative estimate of drug-likeness (QED) is 0.231. The van der Waals surface area contributed by atoms with Gasteiger partial charge < -0.3 is 0 Å². The lowest BCUT2D eigenvalue weighted by molar-refractivity contribution is 1.31. The van der Waals surface area contributed by atoms with Crippen LogP contribution in [0.5, 0.6) is 0 Å². The molecule has 2 aromatic heterocycles. The number of fused-ring (bicyclic) bond motifs is 1. The Kier molecular flexibility index (Phi) is 4.42. The molecule has 8 aromatic rings. The van der Waals surface area contributed by atoms with Crippen LogP contribution in [0.25, 0.3) is 75.5 Å². The predicted molar refractivity (Wildman–Crippen MR) is 157 cm³/mol. The maximum absolute atomic E-state index is 4.79. The highest BCUT2D eigenvalue weighted by molar-refractivity contribution is 7.21. The molecular formula is C34H20N2S. The van der Waals surface area contributed by atoms with Gasteiger partial charge in [-0.2, -0.15) is 0 Å². The van der Waals surface area contributed by atoms with Crippen LogP contribution in [-0.4, -0.2) is 9.97 Å². The number of hydrogen-bond donors (Lipinski definition) is 0. The minimum absolute atomic E-state index is 0.914. The molecule has 0 aliphatic heterocycles. The van der Waals surface area contributed by atoms with E-state index in [1.807, 2.05) is 12.3 Å². The molecule has 0 aliphatic rings. The Morgan fingerprint density at radius 3 is 1.68 bits per heavy atom. The summed E-state index contributed by atoms with van der Waals surface area (Å²) in [5.74, 6) is 0. The first-order valence-corrected chi connectivity index (χ1v) is 13.2. The fourth-order valence-electron chi connectivity index (χ4n) is 5.47. The van der Waals surface area contributed by atoms with Gasteiger partial charge in [0.05, 0.1) is 15.9 Å². The molecule has 0 radical (unpaired) electrons. The lowest BCUT2D eigenvalue weighted by Crippen LogP contribution is -1.88. The zero-order chi connectivity index (χ0) is 24.3. The van der Waals surface area contributed by atoms with Crippen LogP contribution in [0.2, 0.25) is 0 Å². The SMILES string of the molecule is c1ccc(-c2cc3ccc4cc(-c5ccc(-c6nc7ccccc7s6)nc5)cc5ccc(c2)c3c45)cc1. The first kappa shape index (κ1) is 20.6. The molecule has 0 saturated carbocycles. The van der Waals surface area contributed by atoms with Gasteiger partial charge in [-0.25, -0.2) is 4.98 Å². The molecule has 8 rings (SSSR count). The van der Waals surface area contributed by atoms with Gasteiger partial charge in [0.25, 0.3) is 0 Å². The molecule has 0 saturated heterocycles. The molecule has 0 unspecified atom stereocenters. The highest BCUT2D eigenvalue weighted by Gasteiger charge is 2.13. The zero-order valence-electron chi connectivity index (χ0n) is 19.8. The number of pyridine rings is 1. The molecule has 6 aromatic carbocycles. The van der Waals surface area contributed by atoms with Crippen LogP contribution in [0.1, 0.15) is 0 Å². The van der Waals surface area contributed by atoms with Gasteiger partial charge in [-0.1, -0.05) is 72.8 Å². The first-order chi connectivity index (χ1) is 18.3. The lowest BCUT2D eigenvalue weighted by atomic mass is 9.89. The summed E-state index contributed by atoms with van der Waals surface area (Å²) >= 11 is 1.68. The van der Waals surface area contributed by atoms with E-state index in [1.165, 1.54) is 53.7 Å². The minimum Gasteiger partial charge on any atom is -0.253 e. The van der Waals surface area contributed by atoms with Crippen molar-refractivity contribution in [2.75, 3.05) is 0 Å². The predicted octanol–water partition coefficient (Wildman–Crippen LogP) is 9.59. The van der Waals surface area contributed by atoms with Crippen molar-refractivity contribution in [3.63, 3.8) is 0 Å². The van der Waals surface area contributed by atoms with E-state index in [9.17, 15) is 0 Å². The largest absolute Gasteiger partial charge is 0.253 e. The Hall–Kier alpha value is -4.60. The standard InChI is InChI=1S/C34H20N2S/c1-2-6-21(7-3-1)27-16-22-10-12-24-18-28(19-25-13-11-23(17-27)32(22)33(24)25)26-14-15-30(35-20-26)34-36-29-8-4-5-9-31(29)37-34/h1-20H. The van der Waals surface area contributed by atoms with Crippen molar-refractivity contribution in [1.82, 2.24) is 9.97 Å². The van der Waals surface area contributed by atoms with E-state index in [-0.39, 0.29) is 0 Å². The second-order valence-corrected chi connectivity index (χ2v) is 10.5. The van der Waals surface area contributed by atoms with Crippen LogP contribution in [0, 0.1) is 0 Å². The van der Waals surface area contributed by atoms with Gasteiger partial charge in [0.15, 0.2) is 0 Å². The molecule has 0 spiro atoms. The minimum atomic E-state index is 0.914. The average molecular weight is 489 g/mol. The maximum atomic E-state index is 4.79. The fourth-order valence-corrected chi connectivity index (χ4v) is 6.42. The second kappa shape index (κ2) is 7.95. The molecule has 0 fully saturated rings. The van der Waals surface area contributed by atoms with Crippen molar-refractivity contribution in [3.8, 4) is 33.0 Å². The average Bonchev–Trinajstić information content (AvgIpc) is 3.40. The van der Waals surface area contributed by atoms with Gasteiger partial charge in [0.2, 0.25) is 0 Å². The van der Waals surface area contributed by atoms with E-state index in [0.29, 0.717) is 0 Å². The molecule has 0 bridgehead atoms. The molecule has 0 aliphatic carbocycles. The van der Waals surface area contributed by atoms with Crippen LogP contribution in [0.3, 0.4) is 0 Å². The molecule has 172 valence electrons. The van der Waals surface area contributed by atoms with Gasteiger partial charge in [-0.15, -0.1) is 11.3 Å². The van der Waals surface area contributed by atoms with E-state index in [0.717, 1.165) is 21.8 Å². The summed E-state index contributed by atoms with van der Waals surface area (Å²) in [7, 11) is 0. The summed E-state index contributed by atoms with van der Waals surface area (Å²) < 4.78 is 1.19. The fraction of sp³-hybridized carbons (Fsp3) is 0. The summed E-state index contributed by atoms with van der Waals surface area (Å²) in [6.45, 7) is 0. The highest BCUT2D eigenvalue weighted by Crippen LogP contribution is 2.39. The normalized spacial score (nSPS) is 11.8. The number of thiazole rings is 1. The number of para-hydroxylation sites is 1. The molecule has 2 heterocycles. The smallest absolute Gasteiger partial charge is 0.143 e. The number of hydrogen-bond acceptors (Lipinski definition) is 3. The zero-order valence-corrected chi connectivity index (χ0v) is 20.7. The Morgan fingerprint density at radius 2 is 1.08 bits per heavy atom. The highest BCUT2D eigenvalue weighted by atomic mass is 32.1. The molecule has 2 nitrogen and oxygen atoms in total. The van der Waals surface area contributed by atoms with Crippen molar-refractivity contribution in [3.05, 3.63) is 121 Å². The van der Waals surface area contributed by atoms with Crippen molar-refractivity contribution < 1.29 is 0 Å². The summed E-state index contributed by atoms with van der Waals surface area (Å²) in [4.78, 5) is 9.55. The molecule has 3 heteroatoms. The molecule has 0 atom stereocenters. The van der Waals surface area contributed by atoms with E-state index < -0.39 is 0 Å². The van der Waals surface area contributed by atoms with Gasteiger partial charge in [0.1, 0.15) is 5.01 Å². The second-order valence-electron chi connectivity index (χ2n) is 9.51. The lowest BCUT2D eigenvalue weighted by Gasteiger charge is -2.14. The summed E-state index contributed by atoms with van der Waals surface area (Å²) in [6, 6.07) is 41.3. The van der Waals surface area contributed by atoms with Gasteiger partial charge >= 0.3 is 0 Å². The Bertz CT molecular complexity index is 1970. The van der Waals surface area contributed by atoms with Crippen LogP contribution in [0.4, 0.5) is 0 Å². The van der Waals surface area contributed by atoms with Crippen LogP contribution < -0.4 is 0 Å². The number of rotatable bonds is 3. The van der Waals surface area contributed by atoms with Gasteiger partial charge in [-0.3, -0.25) is 4.98 Å². The molecular weight excluding hydrogens is 468 g/mol. The van der Waals surface area contributed by atoms with Crippen molar-refractivity contribution in [1.29, 1.82) is 0 Å². The van der Waals surface area contributed by atoms with Gasteiger partial charge in [0, 0.05) is 11.8 Å².